The van der Waals surface area contributed by atoms with Crippen molar-refractivity contribution in [3.05, 3.63) is 6.92 Å². The molecule has 0 aromatic carbocycles. The first kappa shape index (κ1) is 5.06. The molecule has 2 nitrogen and oxygen atoms in total. The summed E-state index contributed by atoms with van der Waals surface area (Å²) in [5.74, 6) is 0. The van der Waals surface area contributed by atoms with E-state index in [1.807, 2.05) is 0 Å². The Balaban J connectivity index is 2.29. The van der Waals surface area contributed by atoms with Gasteiger partial charge in [0.1, 0.15) is 0 Å². The Morgan fingerprint density at radius 2 is 2.29 bits per heavy atom. The van der Waals surface area contributed by atoms with Gasteiger partial charge < -0.3 is 10.5 Å². The number of ether oxygens (including phenoxy) is 1. The summed E-state index contributed by atoms with van der Waals surface area (Å²) in [6.07, 6.45) is 0. The Labute approximate surface area is 43.6 Å². The van der Waals surface area contributed by atoms with E-state index in [-0.39, 0.29) is 5.41 Å². The van der Waals surface area contributed by atoms with Crippen LogP contribution in [0.25, 0.3) is 0 Å². The van der Waals surface area contributed by atoms with Gasteiger partial charge in [0.15, 0.2) is 0 Å². The van der Waals surface area contributed by atoms with E-state index in [1.165, 1.54) is 0 Å². The molecule has 0 spiro atoms. The van der Waals surface area contributed by atoms with Gasteiger partial charge in [-0.25, -0.2) is 0 Å². The maximum atomic E-state index is 5.33. The molecule has 2 heteroatoms. The smallest absolute Gasteiger partial charge is 0.0556 e. The highest BCUT2D eigenvalue weighted by atomic mass is 16.5. The van der Waals surface area contributed by atoms with Crippen molar-refractivity contribution in [3.63, 3.8) is 0 Å². The van der Waals surface area contributed by atoms with Crippen molar-refractivity contribution in [1.29, 1.82) is 0 Å². The number of nitrogens with two attached hydrogens (primary N) is 1. The Bertz CT molecular complexity index is 63.0. The second-order valence-electron chi connectivity index (χ2n) is 2.20. The van der Waals surface area contributed by atoms with Crippen LogP contribution in [0.1, 0.15) is 0 Å². The molecule has 0 aromatic rings. The molecule has 1 rings (SSSR count). The normalized spacial score (nSPS) is 26.6. The van der Waals surface area contributed by atoms with Gasteiger partial charge in [-0.15, -0.1) is 0 Å². The fourth-order valence-electron chi connectivity index (χ4n) is 0.509. The lowest BCUT2D eigenvalue weighted by Crippen LogP contribution is -2.45. The summed E-state index contributed by atoms with van der Waals surface area (Å²) in [5.41, 5.74) is 5.40. The summed E-state index contributed by atoms with van der Waals surface area (Å²) in [7, 11) is 0. The van der Waals surface area contributed by atoms with E-state index in [0.717, 1.165) is 13.2 Å². The molecule has 7 heavy (non-hydrogen) atoms. The first-order chi connectivity index (χ1) is 3.27. The zero-order chi connectivity index (χ0) is 5.33. The van der Waals surface area contributed by atoms with Crippen molar-refractivity contribution >= 4 is 0 Å². The predicted octanol–water partition coefficient (Wildman–Crippen LogP) is -0.204. The van der Waals surface area contributed by atoms with Crippen molar-refractivity contribution in [2.24, 2.45) is 11.1 Å². The van der Waals surface area contributed by atoms with Gasteiger partial charge in [0, 0.05) is 12.0 Å². The van der Waals surface area contributed by atoms with Crippen LogP contribution < -0.4 is 5.73 Å². The highest BCUT2D eigenvalue weighted by Gasteiger charge is 2.31. The molecule has 0 amide bonds. The molecule has 0 atom stereocenters. The summed E-state index contributed by atoms with van der Waals surface area (Å²) >= 11 is 0. The van der Waals surface area contributed by atoms with E-state index in [1.54, 1.807) is 0 Å². The molecule has 1 fully saturated rings. The van der Waals surface area contributed by atoms with E-state index in [0.29, 0.717) is 6.54 Å². The highest BCUT2D eigenvalue weighted by molar-refractivity contribution is 4.88. The molecular weight excluding hydrogens is 90.1 g/mol. The van der Waals surface area contributed by atoms with Crippen LogP contribution in [0.5, 0.6) is 0 Å². The minimum Gasteiger partial charge on any atom is -0.380 e. The molecule has 1 aliphatic rings. The monoisotopic (exact) mass is 100 g/mol. The van der Waals surface area contributed by atoms with Gasteiger partial charge in [0.25, 0.3) is 0 Å². The fourth-order valence-corrected chi connectivity index (χ4v) is 0.509. The van der Waals surface area contributed by atoms with Crippen LogP contribution in [0.3, 0.4) is 0 Å². The van der Waals surface area contributed by atoms with Gasteiger partial charge in [-0.1, -0.05) is 0 Å². The molecule has 41 valence electrons. The van der Waals surface area contributed by atoms with Crippen LogP contribution in [0.4, 0.5) is 0 Å². The zero-order valence-electron chi connectivity index (χ0n) is 4.31. The second kappa shape index (κ2) is 1.46. The highest BCUT2D eigenvalue weighted by Crippen LogP contribution is 2.23. The molecule has 0 saturated carbocycles. The van der Waals surface area contributed by atoms with E-state index in [9.17, 15) is 0 Å². The van der Waals surface area contributed by atoms with E-state index in [2.05, 4.69) is 6.92 Å². The lowest BCUT2D eigenvalue weighted by Gasteiger charge is -2.36. The van der Waals surface area contributed by atoms with Crippen molar-refractivity contribution in [2.75, 3.05) is 19.8 Å². The van der Waals surface area contributed by atoms with E-state index >= 15 is 0 Å². The third-order valence-corrected chi connectivity index (χ3v) is 1.25. The Morgan fingerprint density at radius 3 is 2.29 bits per heavy atom. The second-order valence-corrected chi connectivity index (χ2v) is 2.20. The molecule has 1 radical (unpaired) electrons. The zero-order valence-corrected chi connectivity index (χ0v) is 4.31. The van der Waals surface area contributed by atoms with Crippen LogP contribution >= 0.6 is 0 Å². The Morgan fingerprint density at radius 1 is 1.71 bits per heavy atom. The van der Waals surface area contributed by atoms with E-state index in [4.69, 9.17) is 10.5 Å². The van der Waals surface area contributed by atoms with Crippen LogP contribution in [-0.2, 0) is 4.74 Å². The lowest BCUT2D eigenvalue weighted by molar-refractivity contribution is -0.0781. The van der Waals surface area contributed by atoms with Crippen molar-refractivity contribution in [2.45, 2.75) is 0 Å². The largest absolute Gasteiger partial charge is 0.380 e. The van der Waals surface area contributed by atoms with Gasteiger partial charge in [-0.2, -0.15) is 0 Å². The summed E-state index contributed by atoms with van der Waals surface area (Å²) in [6, 6.07) is 0. The van der Waals surface area contributed by atoms with Gasteiger partial charge in [0.2, 0.25) is 0 Å². The minimum absolute atomic E-state index is 0.0694. The van der Waals surface area contributed by atoms with Crippen LogP contribution in [0.2, 0.25) is 0 Å². The van der Waals surface area contributed by atoms with Gasteiger partial charge >= 0.3 is 0 Å². The predicted molar refractivity (Wildman–Crippen MR) is 27.7 cm³/mol. The maximum Gasteiger partial charge on any atom is 0.0556 e. The molecule has 1 saturated heterocycles. The number of hydrogen-bond donors (Lipinski definition) is 1. The molecular formula is C5H10NO. The molecule has 1 heterocycles. The molecule has 2 N–H and O–H groups in total. The fraction of sp³-hybridized carbons (Fsp3) is 0.800. The minimum atomic E-state index is 0.0694. The summed E-state index contributed by atoms with van der Waals surface area (Å²) in [6.45, 7) is 5.97. The maximum absolute atomic E-state index is 5.33. The molecule has 0 unspecified atom stereocenters. The first-order valence-corrected chi connectivity index (χ1v) is 2.40. The SMILES string of the molecule is [CH2]C1(CN)COC1. The number of rotatable bonds is 1. The molecule has 0 aromatic heterocycles. The van der Waals surface area contributed by atoms with Gasteiger partial charge in [0.05, 0.1) is 13.2 Å². The van der Waals surface area contributed by atoms with Crippen LogP contribution in [-0.4, -0.2) is 19.8 Å². The topological polar surface area (TPSA) is 35.2 Å². The standard InChI is InChI=1S/C5H10NO/c1-5(2-6)3-7-4-5/h1-4,6H2. The number of hydrogen-bond acceptors (Lipinski definition) is 2. The Hall–Kier alpha value is -0.0800. The quantitative estimate of drug-likeness (QED) is 0.495. The van der Waals surface area contributed by atoms with Gasteiger partial charge in [-0.3, -0.25) is 0 Å². The van der Waals surface area contributed by atoms with Gasteiger partial charge in [-0.05, 0) is 6.92 Å². The van der Waals surface area contributed by atoms with Crippen LogP contribution in [0.15, 0.2) is 0 Å². The van der Waals surface area contributed by atoms with Crippen molar-refractivity contribution in [1.82, 2.24) is 0 Å². The lowest BCUT2D eigenvalue weighted by atomic mass is 9.89. The third kappa shape index (κ3) is 0.763. The van der Waals surface area contributed by atoms with Crippen molar-refractivity contribution < 1.29 is 4.74 Å². The molecule has 0 bridgehead atoms. The Kier molecular flexibility index (Phi) is 1.05. The summed E-state index contributed by atoms with van der Waals surface area (Å²) in [5, 5.41) is 0. The van der Waals surface area contributed by atoms with Crippen molar-refractivity contribution in [3.8, 4) is 0 Å². The van der Waals surface area contributed by atoms with Crippen LogP contribution in [0, 0.1) is 12.3 Å². The molecule has 0 aliphatic carbocycles. The third-order valence-electron chi connectivity index (χ3n) is 1.25. The summed E-state index contributed by atoms with van der Waals surface area (Å²) < 4.78 is 4.89. The molecule has 1 aliphatic heterocycles. The average Bonchev–Trinajstić information content (AvgIpc) is 1.61. The van der Waals surface area contributed by atoms with E-state index < -0.39 is 0 Å². The summed E-state index contributed by atoms with van der Waals surface area (Å²) in [4.78, 5) is 0. The average molecular weight is 100 g/mol. The first-order valence-electron chi connectivity index (χ1n) is 2.40.